The van der Waals surface area contributed by atoms with Gasteiger partial charge in [0.05, 0.1) is 22.3 Å². The maximum atomic E-state index is 11.4. The number of benzene rings is 1. The topological polar surface area (TPSA) is 97.5 Å². The molecular weight excluding hydrogens is 282 g/mol. The number of aryl methyl sites for hydroxylation is 1. The van der Waals surface area contributed by atoms with Gasteiger partial charge in [0.1, 0.15) is 17.9 Å². The average molecular weight is 301 g/mol. The van der Waals surface area contributed by atoms with Crippen molar-refractivity contribution in [3.05, 3.63) is 29.5 Å². The maximum Gasteiger partial charge on any atom is 0.339 e. The molecule has 0 amide bonds. The number of pyridine rings is 1. The van der Waals surface area contributed by atoms with Gasteiger partial charge in [0, 0.05) is 6.04 Å². The molecule has 1 fully saturated rings. The highest BCUT2D eigenvalue weighted by Crippen LogP contribution is 2.33. The molecule has 2 heterocycles. The van der Waals surface area contributed by atoms with Crippen LogP contribution < -0.4 is 15.8 Å². The van der Waals surface area contributed by atoms with Crippen LogP contribution in [0.2, 0.25) is 0 Å². The number of carboxylic acids is 1. The molecule has 1 aromatic heterocycles. The molecule has 0 saturated carbocycles. The van der Waals surface area contributed by atoms with Gasteiger partial charge in [0.15, 0.2) is 0 Å². The van der Waals surface area contributed by atoms with Crippen LogP contribution in [0.3, 0.4) is 0 Å². The zero-order valence-corrected chi connectivity index (χ0v) is 12.4. The molecule has 4 N–H and O–H groups in total. The van der Waals surface area contributed by atoms with Crippen molar-refractivity contribution in [2.45, 2.75) is 25.8 Å². The predicted octanol–water partition coefficient (Wildman–Crippen LogP) is 1.95. The van der Waals surface area contributed by atoms with E-state index in [9.17, 15) is 9.90 Å². The molecule has 6 heteroatoms. The van der Waals surface area contributed by atoms with Crippen LogP contribution in [-0.2, 0) is 0 Å². The first-order valence-electron chi connectivity index (χ1n) is 7.36. The van der Waals surface area contributed by atoms with Gasteiger partial charge >= 0.3 is 5.97 Å². The minimum absolute atomic E-state index is 0.0440. The molecule has 1 saturated heterocycles. The molecule has 6 nitrogen and oxygen atoms in total. The fraction of sp³-hybridized carbons (Fsp3) is 0.375. The number of carbonyl (C=O) groups is 1. The number of nitrogens with zero attached hydrogens (tertiary/aromatic N) is 1. The first kappa shape index (κ1) is 14.6. The van der Waals surface area contributed by atoms with Gasteiger partial charge in [0.2, 0.25) is 0 Å². The van der Waals surface area contributed by atoms with E-state index in [1.807, 2.05) is 12.1 Å². The van der Waals surface area contributed by atoms with Crippen LogP contribution in [0.4, 0.5) is 5.69 Å². The van der Waals surface area contributed by atoms with E-state index in [-0.39, 0.29) is 11.3 Å². The number of aromatic nitrogens is 1. The normalized spacial score (nSPS) is 17.8. The van der Waals surface area contributed by atoms with Gasteiger partial charge in [-0.25, -0.2) is 4.79 Å². The largest absolute Gasteiger partial charge is 0.491 e. The number of rotatable bonds is 4. The molecule has 1 aliphatic heterocycles. The van der Waals surface area contributed by atoms with E-state index >= 15 is 0 Å². The minimum Gasteiger partial charge on any atom is -0.491 e. The Morgan fingerprint density at radius 2 is 2.36 bits per heavy atom. The predicted molar refractivity (Wildman–Crippen MR) is 84.4 cm³/mol. The van der Waals surface area contributed by atoms with Crippen LogP contribution in [0.15, 0.2) is 18.2 Å². The van der Waals surface area contributed by atoms with E-state index in [2.05, 4.69) is 10.3 Å². The lowest BCUT2D eigenvalue weighted by atomic mass is 10.1. The van der Waals surface area contributed by atoms with Crippen LogP contribution >= 0.6 is 0 Å². The average Bonchev–Trinajstić information content (AvgIpc) is 2.97. The standard InChI is InChI=1S/C16H19N3O3/c1-9-13(16(20)21)15(17)14-11(19-9)5-2-6-12(14)22-8-10-4-3-7-18-10/h2,5-6,10,18H,3-4,7-8H2,1H3,(H2,17,19)(H,20,21)/t10-/m0/s1. The lowest BCUT2D eigenvalue weighted by molar-refractivity contribution is 0.0697. The number of fused-ring (bicyclic) bond motifs is 1. The van der Waals surface area contributed by atoms with Crippen molar-refractivity contribution < 1.29 is 14.6 Å². The summed E-state index contributed by atoms with van der Waals surface area (Å²) in [6.07, 6.45) is 2.23. The highest BCUT2D eigenvalue weighted by molar-refractivity contribution is 6.06. The van der Waals surface area contributed by atoms with Crippen molar-refractivity contribution in [1.82, 2.24) is 10.3 Å². The summed E-state index contributed by atoms with van der Waals surface area (Å²) in [4.78, 5) is 15.7. The molecular formula is C16H19N3O3. The second kappa shape index (κ2) is 5.81. The van der Waals surface area contributed by atoms with E-state index in [4.69, 9.17) is 10.5 Å². The lowest BCUT2D eigenvalue weighted by Crippen LogP contribution is -2.28. The number of hydrogen-bond donors (Lipinski definition) is 3. The second-order valence-electron chi connectivity index (χ2n) is 5.55. The highest BCUT2D eigenvalue weighted by atomic mass is 16.5. The zero-order valence-electron chi connectivity index (χ0n) is 12.4. The molecule has 0 radical (unpaired) electrons. The molecule has 1 aliphatic rings. The Labute approximate surface area is 128 Å². The number of ether oxygens (including phenoxy) is 1. The molecule has 116 valence electrons. The first-order valence-corrected chi connectivity index (χ1v) is 7.36. The number of anilines is 1. The third kappa shape index (κ3) is 2.57. The van der Waals surface area contributed by atoms with Crippen molar-refractivity contribution in [3.8, 4) is 5.75 Å². The Bertz CT molecular complexity index is 724. The summed E-state index contributed by atoms with van der Waals surface area (Å²) in [6.45, 7) is 3.19. The Morgan fingerprint density at radius 1 is 1.55 bits per heavy atom. The zero-order chi connectivity index (χ0) is 15.7. The van der Waals surface area contributed by atoms with Crippen molar-refractivity contribution in [2.24, 2.45) is 0 Å². The van der Waals surface area contributed by atoms with Gasteiger partial charge < -0.3 is 20.9 Å². The monoisotopic (exact) mass is 301 g/mol. The Morgan fingerprint density at radius 3 is 3.05 bits per heavy atom. The van der Waals surface area contributed by atoms with E-state index in [0.29, 0.717) is 35.0 Å². The van der Waals surface area contributed by atoms with Gasteiger partial charge in [-0.1, -0.05) is 6.07 Å². The summed E-state index contributed by atoms with van der Waals surface area (Å²) >= 11 is 0. The van der Waals surface area contributed by atoms with E-state index < -0.39 is 5.97 Å². The summed E-state index contributed by atoms with van der Waals surface area (Å²) < 4.78 is 5.88. The van der Waals surface area contributed by atoms with Crippen LogP contribution in [0.5, 0.6) is 5.75 Å². The number of hydrogen-bond acceptors (Lipinski definition) is 5. The Hall–Kier alpha value is -2.34. The molecule has 3 rings (SSSR count). The first-order chi connectivity index (χ1) is 10.6. The fourth-order valence-corrected chi connectivity index (χ4v) is 2.92. The molecule has 0 bridgehead atoms. The third-order valence-electron chi connectivity index (χ3n) is 4.01. The second-order valence-corrected chi connectivity index (χ2v) is 5.55. The summed E-state index contributed by atoms with van der Waals surface area (Å²) in [5.41, 5.74) is 7.41. The van der Waals surface area contributed by atoms with Crippen molar-refractivity contribution in [3.63, 3.8) is 0 Å². The molecule has 1 aromatic carbocycles. The van der Waals surface area contributed by atoms with Gasteiger partial charge in [0.25, 0.3) is 0 Å². The van der Waals surface area contributed by atoms with Crippen LogP contribution in [-0.4, -0.2) is 35.3 Å². The lowest BCUT2D eigenvalue weighted by Gasteiger charge is -2.16. The third-order valence-corrected chi connectivity index (χ3v) is 4.01. The summed E-state index contributed by atoms with van der Waals surface area (Å²) in [5.74, 6) is -0.490. The smallest absolute Gasteiger partial charge is 0.339 e. The summed E-state index contributed by atoms with van der Waals surface area (Å²) in [6, 6.07) is 5.78. The van der Waals surface area contributed by atoms with Gasteiger partial charge in [-0.2, -0.15) is 0 Å². The van der Waals surface area contributed by atoms with E-state index in [0.717, 1.165) is 19.4 Å². The van der Waals surface area contributed by atoms with Gasteiger partial charge in [-0.05, 0) is 38.4 Å². The summed E-state index contributed by atoms with van der Waals surface area (Å²) in [5, 5.41) is 13.3. The number of carboxylic acid groups (broad SMARTS) is 1. The Balaban J connectivity index is 2.02. The SMILES string of the molecule is Cc1nc2cccc(OC[C@@H]3CCCN3)c2c(N)c1C(=O)O. The van der Waals surface area contributed by atoms with Crippen molar-refractivity contribution in [1.29, 1.82) is 0 Å². The van der Waals surface area contributed by atoms with E-state index in [1.54, 1.807) is 13.0 Å². The molecule has 2 aromatic rings. The number of nitrogen functional groups attached to an aromatic ring is 1. The fourth-order valence-electron chi connectivity index (χ4n) is 2.92. The number of nitrogens with one attached hydrogen (secondary N) is 1. The quantitative estimate of drug-likeness (QED) is 0.798. The number of aromatic carboxylic acids is 1. The van der Waals surface area contributed by atoms with Crippen LogP contribution in [0.1, 0.15) is 28.9 Å². The molecule has 0 unspecified atom stereocenters. The van der Waals surface area contributed by atoms with Crippen LogP contribution in [0, 0.1) is 6.92 Å². The molecule has 22 heavy (non-hydrogen) atoms. The summed E-state index contributed by atoms with van der Waals surface area (Å²) in [7, 11) is 0. The molecule has 0 aliphatic carbocycles. The molecule has 0 spiro atoms. The highest BCUT2D eigenvalue weighted by Gasteiger charge is 2.20. The maximum absolute atomic E-state index is 11.4. The minimum atomic E-state index is -1.07. The van der Waals surface area contributed by atoms with Crippen molar-refractivity contribution >= 4 is 22.6 Å². The number of nitrogens with two attached hydrogens (primary N) is 1. The molecule has 1 atom stereocenters. The van der Waals surface area contributed by atoms with Gasteiger partial charge in [-0.15, -0.1) is 0 Å². The van der Waals surface area contributed by atoms with Gasteiger partial charge in [-0.3, -0.25) is 4.98 Å². The van der Waals surface area contributed by atoms with Crippen LogP contribution in [0.25, 0.3) is 10.9 Å². The van der Waals surface area contributed by atoms with E-state index in [1.165, 1.54) is 0 Å². The Kier molecular flexibility index (Phi) is 3.85. The van der Waals surface area contributed by atoms with Crippen molar-refractivity contribution in [2.75, 3.05) is 18.9 Å².